The van der Waals surface area contributed by atoms with Crippen molar-refractivity contribution in [3.05, 3.63) is 33.0 Å². The summed E-state index contributed by atoms with van der Waals surface area (Å²) in [6, 6.07) is 5.46. The number of carbonyl (C=O) groups is 1. The fourth-order valence-corrected chi connectivity index (χ4v) is 4.34. The van der Waals surface area contributed by atoms with Crippen LogP contribution in [0.2, 0.25) is 0 Å². The molecule has 0 saturated carbocycles. The van der Waals surface area contributed by atoms with Crippen molar-refractivity contribution in [3.63, 3.8) is 0 Å². The molecule has 1 fully saturated rings. The van der Waals surface area contributed by atoms with Gasteiger partial charge in [-0.1, -0.05) is 34.1 Å². The molecule has 0 bridgehead atoms. The minimum Gasteiger partial charge on any atom is -0.383 e. The number of fused-ring (bicyclic) bond motifs is 1. The first kappa shape index (κ1) is 18.4. The average Bonchev–Trinajstić information content (AvgIpc) is 2.80. The summed E-state index contributed by atoms with van der Waals surface area (Å²) < 4.78 is 7.58. The lowest BCUT2D eigenvalue weighted by molar-refractivity contribution is -0.120. The highest BCUT2D eigenvalue weighted by Crippen LogP contribution is 2.28. The van der Waals surface area contributed by atoms with Gasteiger partial charge in [-0.3, -0.25) is 14.2 Å². The van der Waals surface area contributed by atoms with Gasteiger partial charge in [0.05, 0.1) is 29.3 Å². The van der Waals surface area contributed by atoms with E-state index < -0.39 is 0 Å². The van der Waals surface area contributed by atoms with Gasteiger partial charge in [0.1, 0.15) is 0 Å². The molecule has 1 aliphatic heterocycles. The fourth-order valence-electron chi connectivity index (χ4n) is 2.79. The minimum absolute atomic E-state index is 0.0194. The third kappa shape index (κ3) is 4.24. The smallest absolute Gasteiger partial charge is 0.262 e. The Labute approximate surface area is 158 Å². The molecule has 1 aromatic heterocycles. The number of ether oxygens (including phenoxy) is 1. The third-order valence-electron chi connectivity index (χ3n) is 4.13. The van der Waals surface area contributed by atoms with Gasteiger partial charge in [-0.2, -0.15) is 0 Å². The first-order valence-corrected chi connectivity index (χ1v) is 9.91. The van der Waals surface area contributed by atoms with E-state index in [2.05, 4.69) is 26.2 Å². The first-order chi connectivity index (χ1) is 12.1. The van der Waals surface area contributed by atoms with Gasteiger partial charge in [-0.15, -0.1) is 0 Å². The quantitative estimate of drug-likeness (QED) is 0.745. The molecular formula is C17H20BrN3O3S. The Morgan fingerprint density at radius 3 is 3.04 bits per heavy atom. The molecule has 3 rings (SSSR count). The topological polar surface area (TPSA) is 73.2 Å². The van der Waals surface area contributed by atoms with Crippen LogP contribution in [0.5, 0.6) is 0 Å². The number of hydrogen-bond donors (Lipinski definition) is 1. The number of nitrogens with zero attached hydrogens (tertiary/aromatic N) is 2. The van der Waals surface area contributed by atoms with Crippen molar-refractivity contribution in [2.24, 2.45) is 0 Å². The van der Waals surface area contributed by atoms with E-state index in [0.717, 1.165) is 23.7 Å². The number of methoxy groups -OCH3 is 1. The fraction of sp³-hybridized carbons (Fsp3) is 0.471. The molecule has 0 radical (unpaired) electrons. The van der Waals surface area contributed by atoms with Gasteiger partial charge in [0.15, 0.2) is 5.16 Å². The molecule has 25 heavy (non-hydrogen) atoms. The standard InChI is InChI=1S/C17H20BrN3O3S/c1-24-9-8-21-16(23)12-10-11(18)5-6-13(12)20-17(21)25-14-4-2-3-7-19-15(14)22/h5-6,10,14H,2-4,7-9H2,1H3,(H,19,22)/t14-/m0/s1. The second kappa shape index (κ2) is 8.33. The van der Waals surface area contributed by atoms with E-state index in [0.29, 0.717) is 35.8 Å². The molecule has 2 heterocycles. The van der Waals surface area contributed by atoms with Crippen molar-refractivity contribution >= 4 is 44.5 Å². The van der Waals surface area contributed by atoms with Crippen LogP contribution < -0.4 is 10.9 Å². The number of hydrogen-bond acceptors (Lipinski definition) is 5. The molecular weight excluding hydrogens is 406 g/mol. The maximum Gasteiger partial charge on any atom is 0.262 e. The molecule has 1 amide bonds. The Morgan fingerprint density at radius 2 is 2.24 bits per heavy atom. The molecule has 0 aliphatic carbocycles. The minimum atomic E-state index is -0.226. The highest BCUT2D eigenvalue weighted by atomic mass is 79.9. The summed E-state index contributed by atoms with van der Waals surface area (Å²) in [4.78, 5) is 29.8. The van der Waals surface area contributed by atoms with E-state index in [1.807, 2.05) is 12.1 Å². The maximum absolute atomic E-state index is 12.9. The SMILES string of the molecule is COCCn1c(S[C@H]2CCCCNC2=O)nc2ccc(Br)cc2c1=O. The lowest BCUT2D eigenvalue weighted by atomic mass is 10.2. The number of halogens is 1. The normalized spacial score (nSPS) is 18.2. The van der Waals surface area contributed by atoms with Crippen molar-refractivity contribution < 1.29 is 9.53 Å². The Kier molecular flexibility index (Phi) is 6.14. The van der Waals surface area contributed by atoms with Gasteiger partial charge in [0, 0.05) is 18.1 Å². The lowest BCUT2D eigenvalue weighted by Crippen LogP contribution is -2.32. The van der Waals surface area contributed by atoms with E-state index >= 15 is 0 Å². The molecule has 1 aromatic carbocycles. The van der Waals surface area contributed by atoms with E-state index in [-0.39, 0.29) is 16.7 Å². The van der Waals surface area contributed by atoms with Crippen LogP contribution in [0.15, 0.2) is 32.6 Å². The number of aromatic nitrogens is 2. The van der Waals surface area contributed by atoms with Crippen LogP contribution >= 0.6 is 27.7 Å². The molecule has 1 aliphatic rings. The summed E-state index contributed by atoms with van der Waals surface area (Å²) in [6.45, 7) is 1.53. The van der Waals surface area contributed by atoms with Gasteiger partial charge < -0.3 is 10.1 Å². The number of nitrogens with one attached hydrogen (secondary N) is 1. The molecule has 1 atom stereocenters. The zero-order chi connectivity index (χ0) is 17.8. The highest BCUT2D eigenvalue weighted by molar-refractivity contribution is 9.10. The van der Waals surface area contributed by atoms with Crippen LogP contribution in [0.1, 0.15) is 19.3 Å². The van der Waals surface area contributed by atoms with Crippen LogP contribution in [-0.4, -0.2) is 41.0 Å². The highest BCUT2D eigenvalue weighted by Gasteiger charge is 2.24. The molecule has 134 valence electrons. The Hall–Kier alpha value is -1.38. The monoisotopic (exact) mass is 425 g/mol. The Bertz CT molecular complexity index is 840. The summed E-state index contributed by atoms with van der Waals surface area (Å²) in [7, 11) is 1.60. The molecule has 8 heteroatoms. The van der Waals surface area contributed by atoms with Crippen molar-refractivity contribution in [1.82, 2.24) is 14.9 Å². The number of thioether (sulfide) groups is 1. The zero-order valence-electron chi connectivity index (χ0n) is 14.0. The molecule has 0 spiro atoms. The Morgan fingerprint density at radius 1 is 1.40 bits per heavy atom. The number of carbonyl (C=O) groups excluding carboxylic acids is 1. The summed E-state index contributed by atoms with van der Waals surface area (Å²) >= 11 is 4.77. The predicted molar refractivity (Wildman–Crippen MR) is 102 cm³/mol. The average molecular weight is 426 g/mol. The zero-order valence-corrected chi connectivity index (χ0v) is 16.4. The second-order valence-electron chi connectivity index (χ2n) is 5.90. The van der Waals surface area contributed by atoms with Gasteiger partial charge in [0.25, 0.3) is 5.56 Å². The van der Waals surface area contributed by atoms with Crippen LogP contribution in [0, 0.1) is 0 Å². The number of benzene rings is 1. The van der Waals surface area contributed by atoms with Crippen LogP contribution in [0.4, 0.5) is 0 Å². The molecule has 6 nitrogen and oxygen atoms in total. The Balaban J connectivity index is 2.03. The van der Waals surface area contributed by atoms with Gasteiger partial charge in [-0.25, -0.2) is 4.98 Å². The number of rotatable bonds is 5. The summed E-state index contributed by atoms with van der Waals surface area (Å²) in [5, 5.41) is 3.83. The van der Waals surface area contributed by atoms with Gasteiger partial charge >= 0.3 is 0 Å². The summed E-state index contributed by atoms with van der Waals surface area (Å²) in [5.74, 6) is 0.0194. The molecule has 0 unspecified atom stereocenters. The molecule has 2 aromatic rings. The van der Waals surface area contributed by atoms with Gasteiger partial charge in [0.2, 0.25) is 5.91 Å². The number of amides is 1. The van der Waals surface area contributed by atoms with E-state index in [1.165, 1.54) is 11.8 Å². The van der Waals surface area contributed by atoms with E-state index in [9.17, 15) is 9.59 Å². The van der Waals surface area contributed by atoms with Crippen LogP contribution in [0.25, 0.3) is 10.9 Å². The summed E-state index contributed by atoms with van der Waals surface area (Å²) in [5.41, 5.74) is 0.526. The van der Waals surface area contributed by atoms with Crippen molar-refractivity contribution in [2.75, 3.05) is 20.3 Å². The van der Waals surface area contributed by atoms with E-state index in [4.69, 9.17) is 4.74 Å². The predicted octanol–water partition coefficient (Wildman–Crippen LogP) is 2.57. The lowest BCUT2D eigenvalue weighted by Gasteiger charge is -2.17. The largest absolute Gasteiger partial charge is 0.383 e. The molecule has 1 N–H and O–H groups in total. The third-order valence-corrected chi connectivity index (χ3v) is 5.88. The van der Waals surface area contributed by atoms with E-state index in [1.54, 1.807) is 17.7 Å². The van der Waals surface area contributed by atoms with Crippen molar-refractivity contribution in [1.29, 1.82) is 0 Å². The summed E-state index contributed by atoms with van der Waals surface area (Å²) in [6.07, 6.45) is 2.76. The second-order valence-corrected chi connectivity index (χ2v) is 7.98. The first-order valence-electron chi connectivity index (χ1n) is 8.23. The van der Waals surface area contributed by atoms with Crippen molar-refractivity contribution in [2.45, 2.75) is 36.2 Å². The van der Waals surface area contributed by atoms with Crippen LogP contribution in [-0.2, 0) is 16.1 Å². The maximum atomic E-state index is 12.9. The van der Waals surface area contributed by atoms with Crippen molar-refractivity contribution in [3.8, 4) is 0 Å². The molecule has 1 saturated heterocycles. The van der Waals surface area contributed by atoms with Gasteiger partial charge in [-0.05, 0) is 31.0 Å². The van der Waals surface area contributed by atoms with Crippen LogP contribution in [0.3, 0.4) is 0 Å².